The van der Waals surface area contributed by atoms with E-state index in [2.05, 4.69) is 26.3 Å². The van der Waals surface area contributed by atoms with Gasteiger partial charge in [0.25, 0.3) is 0 Å². The first kappa shape index (κ1) is 19.2. The molecule has 1 aliphatic rings. The number of aliphatic imine (C=N–C) groups is 1. The van der Waals surface area contributed by atoms with Crippen molar-refractivity contribution in [2.45, 2.75) is 38.8 Å². The summed E-state index contributed by atoms with van der Waals surface area (Å²) in [6, 6.07) is 12.0. The quantitative estimate of drug-likeness (QED) is 0.603. The minimum atomic E-state index is 0.395. The molecule has 1 aliphatic heterocycles. The number of ether oxygens (including phenoxy) is 1. The van der Waals surface area contributed by atoms with Crippen molar-refractivity contribution >= 4 is 17.5 Å². The molecule has 0 bridgehead atoms. The Morgan fingerprint density at radius 1 is 1.19 bits per heavy atom. The van der Waals surface area contributed by atoms with Crippen LogP contribution in [0.2, 0.25) is 0 Å². The van der Waals surface area contributed by atoms with E-state index in [0.29, 0.717) is 19.1 Å². The van der Waals surface area contributed by atoms with Crippen LogP contribution in [0.15, 0.2) is 47.6 Å². The second kappa shape index (κ2) is 9.92. The Hall–Kier alpha value is -2.60. The number of benzene rings is 1. The van der Waals surface area contributed by atoms with Crippen molar-refractivity contribution in [3.05, 3.63) is 53.7 Å². The molecule has 27 heavy (non-hydrogen) atoms. The average Bonchev–Trinajstić information content (AvgIpc) is 2.98. The third-order valence-corrected chi connectivity index (χ3v) is 4.75. The molecule has 1 aromatic carbocycles. The molecule has 6 nitrogen and oxygen atoms in total. The zero-order valence-electron chi connectivity index (χ0n) is 16.0. The third-order valence-electron chi connectivity index (χ3n) is 4.75. The van der Waals surface area contributed by atoms with Crippen LogP contribution in [-0.2, 0) is 17.9 Å². The van der Waals surface area contributed by atoms with Gasteiger partial charge in [-0.25, -0.2) is 9.98 Å². The molecule has 144 valence electrons. The minimum Gasteiger partial charge on any atom is -0.380 e. The highest BCUT2D eigenvalue weighted by Gasteiger charge is 2.11. The van der Waals surface area contributed by atoms with Crippen LogP contribution < -0.4 is 16.0 Å². The first-order chi connectivity index (χ1) is 13.3. The summed E-state index contributed by atoms with van der Waals surface area (Å²) in [6.07, 6.45) is 6.96. The zero-order chi connectivity index (χ0) is 18.9. The smallest absolute Gasteiger partial charge is 0.193 e. The number of nitrogens with zero attached hydrogens (tertiary/aromatic N) is 3. The van der Waals surface area contributed by atoms with Crippen molar-refractivity contribution in [1.82, 2.24) is 4.98 Å². The highest BCUT2D eigenvalue weighted by atomic mass is 16.5. The van der Waals surface area contributed by atoms with Gasteiger partial charge in [0, 0.05) is 37.6 Å². The number of guanidine groups is 1. The molecule has 2 heterocycles. The lowest BCUT2D eigenvalue weighted by Gasteiger charge is -2.21. The monoisotopic (exact) mass is 367 g/mol. The Kier molecular flexibility index (Phi) is 7.04. The van der Waals surface area contributed by atoms with Gasteiger partial charge in [0.15, 0.2) is 5.96 Å². The first-order valence-corrected chi connectivity index (χ1v) is 9.60. The van der Waals surface area contributed by atoms with Gasteiger partial charge in [-0.2, -0.15) is 0 Å². The second-order valence-corrected chi connectivity index (χ2v) is 6.84. The maximum atomic E-state index is 6.09. The number of nitrogens with two attached hydrogens (primary N) is 1. The largest absolute Gasteiger partial charge is 0.380 e. The number of hydrogen-bond donors (Lipinski definition) is 2. The number of pyridine rings is 1. The average molecular weight is 367 g/mol. The van der Waals surface area contributed by atoms with Gasteiger partial charge in [-0.3, -0.25) is 0 Å². The molecule has 0 saturated carbocycles. The highest BCUT2D eigenvalue weighted by molar-refractivity contribution is 5.92. The van der Waals surface area contributed by atoms with Crippen molar-refractivity contribution < 1.29 is 4.74 Å². The van der Waals surface area contributed by atoms with Gasteiger partial charge in [0.05, 0.1) is 13.2 Å². The van der Waals surface area contributed by atoms with Gasteiger partial charge in [-0.05, 0) is 36.6 Å². The summed E-state index contributed by atoms with van der Waals surface area (Å²) in [5.74, 6) is 1.44. The summed E-state index contributed by atoms with van der Waals surface area (Å²) in [6.45, 7) is 3.22. The summed E-state index contributed by atoms with van der Waals surface area (Å²) in [7, 11) is 1.68. The molecule has 0 unspecified atom stereocenters. The van der Waals surface area contributed by atoms with Crippen molar-refractivity contribution in [3.8, 4) is 0 Å². The van der Waals surface area contributed by atoms with E-state index < -0.39 is 0 Å². The fourth-order valence-corrected chi connectivity index (χ4v) is 3.31. The van der Waals surface area contributed by atoms with E-state index in [0.717, 1.165) is 35.7 Å². The molecule has 2 aromatic rings. The third kappa shape index (κ3) is 5.69. The van der Waals surface area contributed by atoms with Gasteiger partial charge in [-0.1, -0.05) is 31.0 Å². The van der Waals surface area contributed by atoms with E-state index in [1.165, 1.54) is 25.7 Å². The van der Waals surface area contributed by atoms with E-state index in [-0.39, 0.29) is 0 Å². The fourth-order valence-electron chi connectivity index (χ4n) is 3.31. The Morgan fingerprint density at radius 3 is 2.74 bits per heavy atom. The van der Waals surface area contributed by atoms with E-state index >= 15 is 0 Å². The Bertz CT molecular complexity index is 754. The molecule has 0 amide bonds. The summed E-state index contributed by atoms with van der Waals surface area (Å²) in [5.41, 5.74) is 9.17. The number of anilines is 2. The normalized spacial score (nSPS) is 15.4. The van der Waals surface area contributed by atoms with Gasteiger partial charge < -0.3 is 20.7 Å². The molecule has 0 aliphatic carbocycles. The lowest BCUT2D eigenvalue weighted by atomic mass is 10.2. The van der Waals surface area contributed by atoms with Crippen LogP contribution in [0.1, 0.15) is 36.8 Å². The number of hydrogen-bond acceptors (Lipinski definition) is 4. The van der Waals surface area contributed by atoms with Crippen LogP contribution in [0, 0.1) is 0 Å². The second-order valence-electron chi connectivity index (χ2n) is 6.84. The van der Waals surface area contributed by atoms with Crippen LogP contribution in [0.4, 0.5) is 11.5 Å². The summed E-state index contributed by atoms with van der Waals surface area (Å²) >= 11 is 0. The summed E-state index contributed by atoms with van der Waals surface area (Å²) < 4.78 is 5.23. The van der Waals surface area contributed by atoms with Crippen molar-refractivity contribution in [2.75, 3.05) is 30.4 Å². The molecule has 3 N–H and O–H groups in total. The van der Waals surface area contributed by atoms with E-state index in [1.54, 1.807) is 7.11 Å². The molecule has 0 radical (unpaired) electrons. The number of methoxy groups -OCH3 is 1. The molecule has 6 heteroatoms. The molecular weight excluding hydrogens is 338 g/mol. The zero-order valence-corrected chi connectivity index (χ0v) is 16.0. The molecule has 1 fully saturated rings. The lowest BCUT2D eigenvalue weighted by molar-refractivity contribution is 0.185. The Morgan fingerprint density at radius 2 is 1.96 bits per heavy atom. The van der Waals surface area contributed by atoms with Crippen molar-refractivity contribution in [2.24, 2.45) is 10.7 Å². The lowest BCUT2D eigenvalue weighted by Crippen LogP contribution is -2.25. The number of nitrogens with one attached hydrogen (secondary N) is 1. The van der Waals surface area contributed by atoms with Crippen LogP contribution in [-0.4, -0.2) is 31.1 Å². The molecule has 0 atom stereocenters. The maximum Gasteiger partial charge on any atom is 0.193 e. The Balaban J connectivity index is 1.64. The number of rotatable bonds is 6. The standard InChI is InChI=1S/C21H29N5O/c1-27-16-18-8-4-5-9-19(18)25-21(22)24-15-17-10-11-23-20(14-17)26-12-6-2-3-7-13-26/h4-5,8-11,14H,2-3,6-7,12-13,15-16H2,1H3,(H3,22,24,25). The SMILES string of the molecule is COCc1ccccc1NC(N)=NCc1ccnc(N2CCCCCC2)c1. The van der Waals surface area contributed by atoms with Crippen LogP contribution in [0.25, 0.3) is 0 Å². The molecular formula is C21H29N5O. The topological polar surface area (TPSA) is 75.8 Å². The molecule has 0 spiro atoms. The van der Waals surface area contributed by atoms with Crippen LogP contribution in [0.3, 0.4) is 0 Å². The minimum absolute atomic E-state index is 0.395. The highest BCUT2D eigenvalue weighted by Crippen LogP contribution is 2.19. The van der Waals surface area contributed by atoms with Gasteiger partial charge in [0.1, 0.15) is 5.82 Å². The fraction of sp³-hybridized carbons (Fsp3) is 0.429. The van der Waals surface area contributed by atoms with Crippen LogP contribution in [0.5, 0.6) is 0 Å². The number of aromatic nitrogens is 1. The predicted octanol–water partition coefficient (Wildman–Crippen LogP) is 3.54. The van der Waals surface area contributed by atoms with Gasteiger partial charge in [0.2, 0.25) is 0 Å². The van der Waals surface area contributed by atoms with E-state index in [1.807, 2.05) is 36.5 Å². The van der Waals surface area contributed by atoms with E-state index in [4.69, 9.17) is 10.5 Å². The number of para-hydroxylation sites is 1. The van der Waals surface area contributed by atoms with E-state index in [9.17, 15) is 0 Å². The van der Waals surface area contributed by atoms with Gasteiger partial charge >= 0.3 is 0 Å². The molecule has 1 aromatic heterocycles. The molecule has 3 rings (SSSR count). The van der Waals surface area contributed by atoms with Gasteiger partial charge in [-0.15, -0.1) is 0 Å². The summed E-state index contributed by atoms with van der Waals surface area (Å²) in [5, 5.41) is 3.17. The van der Waals surface area contributed by atoms with Crippen LogP contribution >= 0.6 is 0 Å². The maximum absolute atomic E-state index is 6.09. The predicted molar refractivity (Wildman–Crippen MR) is 111 cm³/mol. The van der Waals surface area contributed by atoms with Crippen molar-refractivity contribution in [1.29, 1.82) is 0 Å². The first-order valence-electron chi connectivity index (χ1n) is 9.60. The molecule has 1 saturated heterocycles. The summed E-state index contributed by atoms with van der Waals surface area (Å²) in [4.78, 5) is 11.4. The van der Waals surface area contributed by atoms with Crippen molar-refractivity contribution in [3.63, 3.8) is 0 Å². The Labute approximate surface area is 161 Å².